The van der Waals surface area contributed by atoms with Crippen LogP contribution in [0.15, 0.2) is 30.3 Å². The summed E-state index contributed by atoms with van der Waals surface area (Å²) in [4.78, 5) is 0. The van der Waals surface area contributed by atoms with E-state index in [0.29, 0.717) is 22.4 Å². The van der Waals surface area contributed by atoms with E-state index in [-0.39, 0.29) is 11.6 Å². The zero-order chi connectivity index (χ0) is 14.9. The van der Waals surface area contributed by atoms with Gasteiger partial charge >= 0.3 is 0 Å². The van der Waals surface area contributed by atoms with E-state index >= 15 is 0 Å². The zero-order valence-electron chi connectivity index (χ0n) is 11.7. The summed E-state index contributed by atoms with van der Waals surface area (Å²) in [6.45, 7) is 5.01. The minimum absolute atomic E-state index is 0.109. The molecule has 0 heterocycles. The van der Waals surface area contributed by atoms with Gasteiger partial charge in [0.2, 0.25) is 0 Å². The Morgan fingerprint density at radius 1 is 1.05 bits per heavy atom. The highest BCUT2D eigenvalue weighted by atomic mass is 19.1. The number of halogens is 2. The van der Waals surface area contributed by atoms with Crippen molar-refractivity contribution >= 4 is 0 Å². The molecule has 1 atom stereocenters. The first-order valence-electron chi connectivity index (χ1n) is 6.38. The molecule has 0 amide bonds. The second-order valence-electron chi connectivity index (χ2n) is 4.92. The van der Waals surface area contributed by atoms with Gasteiger partial charge in [0, 0.05) is 11.6 Å². The van der Waals surface area contributed by atoms with Crippen LogP contribution in [-0.4, -0.2) is 0 Å². The molecule has 2 rings (SSSR count). The third kappa shape index (κ3) is 2.80. The summed E-state index contributed by atoms with van der Waals surface area (Å²) in [5.74, 6) is -0.291. The predicted molar refractivity (Wildman–Crippen MR) is 75.0 cm³/mol. The molecule has 0 saturated heterocycles. The normalized spacial score (nSPS) is 12.3. The first kappa shape index (κ1) is 14.5. The number of ether oxygens (including phenoxy) is 1. The number of nitrogens with two attached hydrogens (primary N) is 1. The van der Waals surface area contributed by atoms with Gasteiger partial charge in [0.15, 0.2) is 11.6 Å². The van der Waals surface area contributed by atoms with Crippen LogP contribution in [0.4, 0.5) is 8.78 Å². The third-order valence-electron chi connectivity index (χ3n) is 3.16. The first-order valence-corrected chi connectivity index (χ1v) is 6.38. The molecule has 2 aromatic carbocycles. The number of rotatable bonds is 3. The summed E-state index contributed by atoms with van der Waals surface area (Å²) in [7, 11) is 0. The van der Waals surface area contributed by atoms with E-state index < -0.39 is 11.9 Å². The molecule has 0 aliphatic carbocycles. The average Bonchev–Trinajstić information content (AvgIpc) is 2.38. The van der Waals surface area contributed by atoms with E-state index in [1.54, 1.807) is 32.9 Å². The molecule has 1 unspecified atom stereocenters. The Kier molecular flexibility index (Phi) is 4.04. The Hall–Kier alpha value is -1.94. The van der Waals surface area contributed by atoms with Crippen molar-refractivity contribution in [3.8, 4) is 11.5 Å². The molecule has 2 N–H and O–H groups in total. The zero-order valence-corrected chi connectivity index (χ0v) is 11.7. The van der Waals surface area contributed by atoms with Crippen LogP contribution in [0, 0.1) is 25.5 Å². The van der Waals surface area contributed by atoms with Crippen molar-refractivity contribution in [2.45, 2.75) is 26.8 Å². The summed E-state index contributed by atoms with van der Waals surface area (Å²) >= 11 is 0. The lowest BCUT2D eigenvalue weighted by molar-refractivity contribution is 0.431. The smallest absolute Gasteiger partial charge is 0.168 e. The Balaban J connectivity index is 2.47. The fourth-order valence-corrected chi connectivity index (χ4v) is 1.93. The summed E-state index contributed by atoms with van der Waals surface area (Å²) in [5, 5.41) is 0. The Morgan fingerprint density at radius 2 is 1.75 bits per heavy atom. The summed E-state index contributed by atoms with van der Waals surface area (Å²) < 4.78 is 33.2. The van der Waals surface area contributed by atoms with Gasteiger partial charge in [-0.15, -0.1) is 0 Å². The molecule has 0 fully saturated rings. The van der Waals surface area contributed by atoms with Crippen LogP contribution < -0.4 is 10.5 Å². The highest BCUT2D eigenvalue weighted by molar-refractivity contribution is 5.43. The second-order valence-corrected chi connectivity index (χ2v) is 4.92. The van der Waals surface area contributed by atoms with Crippen LogP contribution in [0.25, 0.3) is 0 Å². The molecule has 0 aliphatic heterocycles. The van der Waals surface area contributed by atoms with Crippen molar-refractivity contribution < 1.29 is 13.5 Å². The van der Waals surface area contributed by atoms with Crippen molar-refractivity contribution in [2.75, 3.05) is 0 Å². The molecule has 0 radical (unpaired) electrons. The lowest BCUT2D eigenvalue weighted by Crippen LogP contribution is -2.08. The lowest BCUT2D eigenvalue weighted by atomic mass is 10.0. The Labute approximate surface area is 117 Å². The molecule has 0 spiro atoms. The molecular formula is C16H17F2NO. The van der Waals surface area contributed by atoms with E-state index in [1.165, 1.54) is 18.2 Å². The van der Waals surface area contributed by atoms with Crippen LogP contribution in [-0.2, 0) is 0 Å². The number of hydrogen-bond donors (Lipinski definition) is 1. The Morgan fingerprint density at radius 3 is 2.40 bits per heavy atom. The molecule has 106 valence electrons. The van der Waals surface area contributed by atoms with Crippen molar-refractivity contribution in [3.63, 3.8) is 0 Å². The van der Waals surface area contributed by atoms with Gasteiger partial charge in [0.1, 0.15) is 11.6 Å². The van der Waals surface area contributed by atoms with Gasteiger partial charge in [0.05, 0.1) is 0 Å². The van der Waals surface area contributed by atoms with E-state index in [0.717, 1.165) is 0 Å². The number of benzene rings is 2. The molecule has 2 aromatic rings. The quantitative estimate of drug-likeness (QED) is 0.902. The maximum Gasteiger partial charge on any atom is 0.168 e. The van der Waals surface area contributed by atoms with Crippen LogP contribution in [0.1, 0.15) is 29.7 Å². The van der Waals surface area contributed by atoms with Crippen molar-refractivity contribution in [3.05, 3.63) is 58.7 Å². The van der Waals surface area contributed by atoms with Gasteiger partial charge in [0.25, 0.3) is 0 Å². The van der Waals surface area contributed by atoms with Crippen LogP contribution >= 0.6 is 0 Å². The SMILES string of the molecule is Cc1cc(Oc2cccc(C)c2F)c(C(C)N)cc1F. The fraction of sp³-hybridized carbons (Fsp3) is 0.250. The lowest BCUT2D eigenvalue weighted by Gasteiger charge is -2.16. The highest BCUT2D eigenvalue weighted by Crippen LogP contribution is 2.33. The standard InChI is InChI=1S/C16H17F2NO/c1-9-5-4-6-14(16(9)18)20-15-7-10(2)13(17)8-12(15)11(3)19/h4-8,11H,19H2,1-3H3. The van der Waals surface area contributed by atoms with Crippen molar-refractivity contribution in [1.29, 1.82) is 0 Å². The molecule has 0 aromatic heterocycles. The molecule has 0 aliphatic rings. The van der Waals surface area contributed by atoms with Gasteiger partial charge in [-0.05, 0) is 50.1 Å². The Bertz CT molecular complexity index is 639. The van der Waals surface area contributed by atoms with Gasteiger partial charge in [-0.3, -0.25) is 0 Å². The van der Waals surface area contributed by atoms with E-state index in [9.17, 15) is 8.78 Å². The molecule has 2 nitrogen and oxygen atoms in total. The van der Waals surface area contributed by atoms with Crippen LogP contribution in [0.2, 0.25) is 0 Å². The first-order chi connectivity index (χ1) is 9.40. The third-order valence-corrected chi connectivity index (χ3v) is 3.16. The second kappa shape index (κ2) is 5.59. The fourth-order valence-electron chi connectivity index (χ4n) is 1.93. The van der Waals surface area contributed by atoms with Gasteiger partial charge in [-0.25, -0.2) is 8.78 Å². The van der Waals surface area contributed by atoms with Gasteiger partial charge < -0.3 is 10.5 Å². The van der Waals surface area contributed by atoms with Gasteiger partial charge in [-0.1, -0.05) is 12.1 Å². The summed E-state index contributed by atoms with van der Waals surface area (Å²) in [6.07, 6.45) is 0. The monoisotopic (exact) mass is 277 g/mol. The highest BCUT2D eigenvalue weighted by Gasteiger charge is 2.15. The van der Waals surface area contributed by atoms with E-state index in [4.69, 9.17) is 10.5 Å². The van der Waals surface area contributed by atoms with Crippen molar-refractivity contribution in [1.82, 2.24) is 0 Å². The molecule has 4 heteroatoms. The van der Waals surface area contributed by atoms with Crippen LogP contribution in [0.3, 0.4) is 0 Å². The molecule has 0 saturated carbocycles. The van der Waals surface area contributed by atoms with E-state index in [2.05, 4.69) is 0 Å². The largest absolute Gasteiger partial charge is 0.454 e. The number of hydrogen-bond acceptors (Lipinski definition) is 2. The summed E-state index contributed by atoms with van der Waals surface area (Å²) in [5.41, 5.74) is 7.24. The predicted octanol–water partition coefficient (Wildman–Crippen LogP) is 4.39. The minimum Gasteiger partial charge on any atom is -0.454 e. The topological polar surface area (TPSA) is 35.2 Å². The molecule has 0 bridgehead atoms. The molecular weight excluding hydrogens is 260 g/mol. The molecule has 20 heavy (non-hydrogen) atoms. The van der Waals surface area contributed by atoms with Crippen molar-refractivity contribution in [2.24, 2.45) is 5.73 Å². The minimum atomic E-state index is -0.426. The maximum atomic E-state index is 14.0. The maximum absolute atomic E-state index is 14.0. The van der Waals surface area contributed by atoms with Crippen LogP contribution in [0.5, 0.6) is 11.5 Å². The van der Waals surface area contributed by atoms with Gasteiger partial charge in [-0.2, -0.15) is 0 Å². The number of aryl methyl sites for hydroxylation is 2. The average molecular weight is 277 g/mol. The summed E-state index contributed by atoms with van der Waals surface area (Å²) in [6, 6.07) is 7.36. The van der Waals surface area contributed by atoms with E-state index in [1.807, 2.05) is 0 Å².